The Morgan fingerprint density at radius 1 is 1.24 bits per heavy atom. The molecule has 9 nitrogen and oxygen atoms in total. The van der Waals surface area contributed by atoms with E-state index in [2.05, 4.69) is 16.0 Å². The van der Waals surface area contributed by atoms with Gasteiger partial charge in [-0.05, 0) is 51.3 Å². The molecule has 1 aromatic carbocycles. The van der Waals surface area contributed by atoms with E-state index in [0.717, 1.165) is 16.2 Å². The summed E-state index contributed by atoms with van der Waals surface area (Å²) >= 11 is 0. The molecule has 2 atom stereocenters. The molecule has 0 spiro atoms. The molecule has 1 heterocycles. The van der Waals surface area contributed by atoms with Crippen LogP contribution in [0, 0.1) is 0 Å². The molecule has 1 saturated heterocycles. The zero-order valence-electron chi connectivity index (χ0n) is 17.2. The van der Waals surface area contributed by atoms with Crippen LogP contribution in [0.5, 0.6) is 5.75 Å². The maximum Gasteiger partial charge on any atom is 0.325 e. The van der Waals surface area contributed by atoms with Gasteiger partial charge in [0, 0.05) is 6.54 Å². The van der Waals surface area contributed by atoms with E-state index in [9.17, 15) is 19.2 Å². The van der Waals surface area contributed by atoms with Crippen molar-refractivity contribution in [3.63, 3.8) is 0 Å². The summed E-state index contributed by atoms with van der Waals surface area (Å²) in [6, 6.07) is 6.09. The van der Waals surface area contributed by atoms with Gasteiger partial charge in [-0.2, -0.15) is 0 Å². The molecule has 29 heavy (non-hydrogen) atoms. The lowest BCUT2D eigenvalue weighted by atomic mass is 9.93. The van der Waals surface area contributed by atoms with Gasteiger partial charge in [-0.3, -0.25) is 19.3 Å². The minimum atomic E-state index is -1.09. The van der Waals surface area contributed by atoms with Gasteiger partial charge in [-0.1, -0.05) is 12.1 Å². The third-order valence-electron chi connectivity index (χ3n) is 4.84. The number of nitrogens with one attached hydrogen (secondary N) is 3. The molecule has 3 N–H and O–H groups in total. The first kappa shape index (κ1) is 22.2. The number of benzene rings is 1. The fourth-order valence-corrected chi connectivity index (χ4v) is 3.07. The zero-order valence-corrected chi connectivity index (χ0v) is 17.2. The van der Waals surface area contributed by atoms with Gasteiger partial charge in [0.1, 0.15) is 23.9 Å². The van der Waals surface area contributed by atoms with Crippen molar-refractivity contribution in [2.24, 2.45) is 0 Å². The van der Waals surface area contributed by atoms with Crippen LogP contribution in [0.1, 0.15) is 32.8 Å². The minimum Gasteiger partial charge on any atom is -0.497 e. The van der Waals surface area contributed by atoms with E-state index in [1.165, 1.54) is 6.92 Å². The van der Waals surface area contributed by atoms with E-state index in [4.69, 9.17) is 4.74 Å². The number of imide groups is 1. The Balaban J connectivity index is 1.94. The molecule has 0 saturated carbocycles. The molecule has 0 unspecified atom stereocenters. The topological polar surface area (TPSA) is 117 Å². The second kappa shape index (κ2) is 9.40. The van der Waals surface area contributed by atoms with Gasteiger partial charge in [-0.15, -0.1) is 0 Å². The maximum absolute atomic E-state index is 12.8. The highest BCUT2D eigenvalue weighted by molar-refractivity contribution is 6.09. The zero-order chi connectivity index (χ0) is 21.6. The average Bonchev–Trinajstić information content (AvgIpc) is 2.90. The summed E-state index contributed by atoms with van der Waals surface area (Å²) in [7, 11) is 1.59. The number of methoxy groups -OCH3 is 1. The molecule has 5 amide bonds. The molecule has 1 aromatic rings. The summed E-state index contributed by atoms with van der Waals surface area (Å²) in [6.07, 6.45) is 0.956. The van der Waals surface area contributed by atoms with Crippen molar-refractivity contribution in [1.29, 1.82) is 0 Å². The second-order valence-corrected chi connectivity index (χ2v) is 7.19. The van der Waals surface area contributed by atoms with Gasteiger partial charge in [0.05, 0.1) is 7.11 Å². The molecule has 0 radical (unpaired) electrons. The van der Waals surface area contributed by atoms with Crippen LogP contribution in [0.15, 0.2) is 24.3 Å². The van der Waals surface area contributed by atoms with E-state index in [1.807, 2.05) is 24.3 Å². The molecular weight excluding hydrogens is 376 g/mol. The number of carbonyl (C=O) groups excluding carboxylic acids is 4. The summed E-state index contributed by atoms with van der Waals surface area (Å²) in [4.78, 5) is 49.8. The monoisotopic (exact) mass is 404 g/mol. The van der Waals surface area contributed by atoms with E-state index in [1.54, 1.807) is 21.0 Å². The number of nitrogens with zero attached hydrogens (tertiary/aromatic N) is 1. The third kappa shape index (κ3) is 5.46. The van der Waals surface area contributed by atoms with Gasteiger partial charge in [0.2, 0.25) is 11.8 Å². The van der Waals surface area contributed by atoms with E-state index < -0.39 is 36.0 Å². The number of likely N-dealkylation sites (N-methyl/N-ethyl adjacent to an activating group) is 1. The largest absolute Gasteiger partial charge is 0.497 e. The van der Waals surface area contributed by atoms with Gasteiger partial charge in [-0.25, -0.2) is 4.79 Å². The number of amides is 5. The maximum atomic E-state index is 12.8. The van der Waals surface area contributed by atoms with Crippen molar-refractivity contribution in [2.45, 2.75) is 45.2 Å². The van der Waals surface area contributed by atoms with Crippen molar-refractivity contribution in [3.8, 4) is 5.75 Å². The summed E-state index contributed by atoms with van der Waals surface area (Å²) in [6.45, 7) is 4.96. The number of carbonyl (C=O) groups is 4. The lowest BCUT2D eigenvalue weighted by Gasteiger charge is -2.22. The van der Waals surface area contributed by atoms with Crippen LogP contribution >= 0.6 is 0 Å². The summed E-state index contributed by atoms with van der Waals surface area (Å²) < 4.78 is 5.12. The number of urea groups is 1. The van der Waals surface area contributed by atoms with Crippen LogP contribution in [-0.4, -0.2) is 60.4 Å². The molecule has 158 valence electrons. The molecule has 9 heteroatoms. The Kier molecular flexibility index (Phi) is 7.19. The Labute approximate surface area is 170 Å². The van der Waals surface area contributed by atoms with Crippen LogP contribution in [0.4, 0.5) is 4.79 Å². The second-order valence-electron chi connectivity index (χ2n) is 7.19. The van der Waals surface area contributed by atoms with Crippen LogP contribution in [0.2, 0.25) is 0 Å². The van der Waals surface area contributed by atoms with Crippen molar-refractivity contribution < 1.29 is 23.9 Å². The van der Waals surface area contributed by atoms with Crippen LogP contribution in [0.25, 0.3) is 0 Å². The van der Waals surface area contributed by atoms with Gasteiger partial charge >= 0.3 is 6.03 Å². The quantitative estimate of drug-likeness (QED) is 0.521. The normalized spacial score (nSPS) is 19.5. The number of ether oxygens (including phenoxy) is 1. The van der Waals surface area contributed by atoms with Crippen LogP contribution < -0.4 is 20.7 Å². The van der Waals surface area contributed by atoms with E-state index in [-0.39, 0.29) is 5.91 Å². The van der Waals surface area contributed by atoms with Gasteiger partial charge < -0.3 is 20.7 Å². The van der Waals surface area contributed by atoms with Crippen LogP contribution in [0.3, 0.4) is 0 Å². The SMILES string of the molecule is CCNC(=O)[C@H](C)NC(=O)CN1C(=O)N[C@@](C)(CCc2ccc(OC)cc2)C1=O. The predicted octanol–water partition coefficient (Wildman–Crippen LogP) is 0.579. The Morgan fingerprint density at radius 3 is 2.48 bits per heavy atom. The third-order valence-corrected chi connectivity index (χ3v) is 4.84. The molecule has 0 aromatic heterocycles. The van der Waals surface area contributed by atoms with Gasteiger partial charge in [0.15, 0.2) is 0 Å². The predicted molar refractivity (Wildman–Crippen MR) is 106 cm³/mol. The molecule has 1 aliphatic rings. The molecular formula is C20H28N4O5. The van der Waals surface area contributed by atoms with Crippen molar-refractivity contribution in [2.75, 3.05) is 20.2 Å². The van der Waals surface area contributed by atoms with Crippen molar-refractivity contribution in [3.05, 3.63) is 29.8 Å². The molecule has 1 fully saturated rings. The first-order chi connectivity index (χ1) is 13.7. The highest BCUT2D eigenvalue weighted by Crippen LogP contribution is 2.24. The Bertz CT molecular complexity index is 780. The minimum absolute atomic E-state index is 0.331. The lowest BCUT2D eigenvalue weighted by Crippen LogP contribution is -2.49. The Morgan fingerprint density at radius 2 is 1.90 bits per heavy atom. The number of hydrogen-bond acceptors (Lipinski definition) is 5. The van der Waals surface area contributed by atoms with Crippen molar-refractivity contribution >= 4 is 23.8 Å². The molecule has 0 aliphatic carbocycles. The lowest BCUT2D eigenvalue weighted by molar-refractivity contribution is -0.135. The number of aryl methyl sites for hydroxylation is 1. The fraction of sp³-hybridized carbons (Fsp3) is 0.500. The first-order valence-electron chi connectivity index (χ1n) is 9.54. The Hall–Kier alpha value is -3.10. The van der Waals surface area contributed by atoms with E-state index in [0.29, 0.717) is 19.4 Å². The first-order valence-corrected chi connectivity index (χ1v) is 9.54. The molecule has 2 rings (SSSR count). The van der Waals surface area contributed by atoms with Crippen molar-refractivity contribution in [1.82, 2.24) is 20.9 Å². The van der Waals surface area contributed by atoms with E-state index >= 15 is 0 Å². The summed E-state index contributed by atoms with van der Waals surface area (Å²) in [5.41, 5.74) is -0.0938. The summed E-state index contributed by atoms with van der Waals surface area (Å²) in [5.74, 6) is -0.630. The highest BCUT2D eigenvalue weighted by atomic mass is 16.5. The highest BCUT2D eigenvalue weighted by Gasteiger charge is 2.47. The van der Waals surface area contributed by atoms with Crippen LogP contribution in [-0.2, 0) is 20.8 Å². The molecule has 1 aliphatic heterocycles. The number of hydrogen-bond donors (Lipinski definition) is 3. The standard InChI is InChI=1S/C20H28N4O5/c1-5-21-17(26)13(2)22-16(25)12-24-18(27)20(3,23-19(24)28)11-10-14-6-8-15(29-4)9-7-14/h6-9,13H,5,10-12H2,1-4H3,(H,21,26)(H,22,25)(H,23,28)/t13-,20-/m0/s1. The average molecular weight is 404 g/mol. The smallest absolute Gasteiger partial charge is 0.325 e. The summed E-state index contributed by atoms with van der Waals surface area (Å²) in [5, 5.41) is 7.76. The van der Waals surface area contributed by atoms with Gasteiger partial charge in [0.25, 0.3) is 5.91 Å². The molecule has 0 bridgehead atoms. The number of rotatable bonds is 9. The fourth-order valence-electron chi connectivity index (χ4n) is 3.07.